The van der Waals surface area contributed by atoms with Crippen molar-refractivity contribution in [3.8, 4) is 9.88 Å². The molecule has 31 heavy (non-hydrogen) atoms. The fourth-order valence-corrected chi connectivity index (χ4v) is 5.54. The van der Waals surface area contributed by atoms with E-state index in [0.29, 0.717) is 0 Å². The van der Waals surface area contributed by atoms with Gasteiger partial charge in [0.25, 0.3) is 0 Å². The van der Waals surface area contributed by atoms with Gasteiger partial charge in [-0.1, -0.05) is 13.0 Å². The first-order valence-electron chi connectivity index (χ1n) is 10.6. The first-order valence-corrected chi connectivity index (χ1v) is 12.3. The van der Waals surface area contributed by atoms with Crippen molar-refractivity contribution in [1.29, 1.82) is 0 Å². The van der Waals surface area contributed by atoms with Gasteiger partial charge in [-0.2, -0.15) is 0 Å². The highest BCUT2D eigenvalue weighted by atomic mass is 32.1. The molecule has 0 radical (unpaired) electrons. The van der Waals surface area contributed by atoms with Crippen LogP contribution in [0.15, 0.2) is 41.1 Å². The van der Waals surface area contributed by atoms with Gasteiger partial charge in [0.05, 0.1) is 23.0 Å². The van der Waals surface area contributed by atoms with Crippen LogP contribution in [0.1, 0.15) is 31.1 Å². The second kappa shape index (κ2) is 9.89. The van der Waals surface area contributed by atoms with Gasteiger partial charge in [-0.05, 0) is 43.1 Å². The zero-order valence-corrected chi connectivity index (χ0v) is 19.4. The Labute approximate surface area is 190 Å². The number of carbonyl (C=O) groups excluding carboxylic acids is 1. The summed E-state index contributed by atoms with van der Waals surface area (Å²) in [4.78, 5) is 23.1. The maximum atomic E-state index is 14.1. The predicted molar refractivity (Wildman–Crippen MR) is 126 cm³/mol. The first kappa shape index (κ1) is 21.9. The summed E-state index contributed by atoms with van der Waals surface area (Å²) in [5, 5.41) is 7.92. The summed E-state index contributed by atoms with van der Waals surface area (Å²) in [6.07, 6.45) is 0.214. The lowest BCUT2D eigenvalue weighted by atomic mass is 10.0. The molecule has 8 heteroatoms. The van der Waals surface area contributed by atoms with E-state index in [1.165, 1.54) is 6.07 Å². The SMILES string of the molecule is CCN1CCN(c2ccc(F)cc2C(C)NC(=O)Cc2csc(-c3cccs3)n2)CC1. The molecule has 1 aliphatic heterocycles. The number of likely N-dealkylation sites (N-methyl/N-ethyl adjacent to an activating group) is 1. The Balaban J connectivity index is 1.42. The fraction of sp³-hybridized carbons (Fsp3) is 0.391. The van der Waals surface area contributed by atoms with E-state index in [0.717, 1.165) is 59.6 Å². The van der Waals surface area contributed by atoms with Crippen molar-refractivity contribution < 1.29 is 9.18 Å². The average Bonchev–Trinajstić information content (AvgIpc) is 3.46. The summed E-state index contributed by atoms with van der Waals surface area (Å²) < 4.78 is 14.1. The van der Waals surface area contributed by atoms with E-state index >= 15 is 0 Å². The molecule has 3 heterocycles. The summed E-state index contributed by atoms with van der Waals surface area (Å²) in [6.45, 7) is 8.91. The molecular weight excluding hydrogens is 431 g/mol. The number of halogens is 1. The van der Waals surface area contributed by atoms with Crippen LogP contribution in [0.4, 0.5) is 10.1 Å². The number of hydrogen-bond donors (Lipinski definition) is 1. The van der Waals surface area contributed by atoms with Crippen molar-refractivity contribution >= 4 is 34.3 Å². The number of aromatic nitrogens is 1. The quantitative estimate of drug-likeness (QED) is 0.563. The Hall–Kier alpha value is -2.29. The molecule has 1 atom stereocenters. The summed E-state index contributed by atoms with van der Waals surface area (Å²) >= 11 is 3.19. The highest BCUT2D eigenvalue weighted by molar-refractivity contribution is 7.20. The number of thiazole rings is 1. The summed E-state index contributed by atoms with van der Waals surface area (Å²) in [6, 6.07) is 8.61. The van der Waals surface area contributed by atoms with Gasteiger partial charge >= 0.3 is 0 Å². The second-order valence-corrected chi connectivity index (χ2v) is 9.52. The minimum Gasteiger partial charge on any atom is -0.369 e. The standard InChI is InChI=1S/C23H27FN4OS2/c1-3-27-8-10-28(11-9-27)20-7-6-17(24)13-19(20)16(2)25-22(29)14-18-15-31-23(26-18)21-5-4-12-30-21/h4-7,12-13,15-16H,3,8-11,14H2,1-2H3,(H,25,29). The molecule has 1 N–H and O–H groups in total. The topological polar surface area (TPSA) is 48.5 Å². The summed E-state index contributed by atoms with van der Waals surface area (Å²) in [5.41, 5.74) is 2.57. The third kappa shape index (κ3) is 5.31. The van der Waals surface area contributed by atoms with Crippen LogP contribution in [0.2, 0.25) is 0 Å². The highest BCUT2D eigenvalue weighted by Gasteiger charge is 2.22. The van der Waals surface area contributed by atoms with Crippen molar-refractivity contribution in [2.75, 3.05) is 37.6 Å². The van der Waals surface area contributed by atoms with Crippen LogP contribution in [0, 0.1) is 5.82 Å². The molecule has 3 aromatic rings. The molecule has 0 bridgehead atoms. The van der Waals surface area contributed by atoms with Crippen LogP contribution in [0.25, 0.3) is 9.88 Å². The molecule has 1 aliphatic rings. The van der Waals surface area contributed by atoms with Crippen molar-refractivity contribution in [3.05, 3.63) is 58.2 Å². The van der Waals surface area contributed by atoms with E-state index < -0.39 is 0 Å². The van der Waals surface area contributed by atoms with Crippen molar-refractivity contribution in [3.63, 3.8) is 0 Å². The van der Waals surface area contributed by atoms with Crippen LogP contribution < -0.4 is 10.2 Å². The molecule has 0 saturated carbocycles. The molecule has 164 valence electrons. The number of anilines is 1. The van der Waals surface area contributed by atoms with Crippen LogP contribution in [0.3, 0.4) is 0 Å². The number of carbonyl (C=O) groups is 1. The van der Waals surface area contributed by atoms with Gasteiger partial charge in [-0.25, -0.2) is 9.37 Å². The number of hydrogen-bond acceptors (Lipinski definition) is 6. The van der Waals surface area contributed by atoms with Crippen LogP contribution >= 0.6 is 22.7 Å². The van der Waals surface area contributed by atoms with Gasteiger partial charge in [-0.3, -0.25) is 4.79 Å². The number of nitrogens with zero attached hydrogens (tertiary/aromatic N) is 3. The minimum absolute atomic E-state index is 0.110. The third-order valence-corrected chi connectivity index (χ3v) is 7.55. The van der Waals surface area contributed by atoms with E-state index in [1.54, 1.807) is 28.7 Å². The number of benzene rings is 1. The van der Waals surface area contributed by atoms with E-state index in [9.17, 15) is 9.18 Å². The smallest absolute Gasteiger partial charge is 0.226 e. The molecule has 0 spiro atoms. The Morgan fingerprint density at radius 2 is 2.03 bits per heavy atom. The molecule has 4 rings (SSSR count). The Kier molecular flexibility index (Phi) is 6.99. The van der Waals surface area contributed by atoms with Crippen molar-refractivity contribution in [2.24, 2.45) is 0 Å². The van der Waals surface area contributed by atoms with Gasteiger partial charge in [0, 0.05) is 42.8 Å². The minimum atomic E-state index is -0.294. The number of amides is 1. The number of nitrogens with one attached hydrogen (secondary N) is 1. The van der Waals surface area contributed by atoms with Crippen molar-refractivity contribution in [2.45, 2.75) is 26.3 Å². The summed E-state index contributed by atoms with van der Waals surface area (Å²) in [7, 11) is 0. The van der Waals surface area contributed by atoms with Crippen LogP contribution in [0.5, 0.6) is 0 Å². The van der Waals surface area contributed by atoms with Crippen LogP contribution in [-0.2, 0) is 11.2 Å². The molecular formula is C23H27FN4OS2. The van der Waals surface area contributed by atoms with Gasteiger partial charge < -0.3 is 15.1 Å². The number of rotatable bonds is 7. The molecule has 1 aromatic carbocycles. The normalized spacial score (nSPS) is 15.8. The molecule has 1 saturated heterocycles. The first-order chi connectivity index (χ1) is 15.0. The van der Waals surface area contributed by atoms with E-state index in [1.807, 2.05) is 35.9 Å². The maximum Gasteiger partial charge on any atom is 0.226 e. The fourth-order valence-electron chi connectivity index (χ4n) is 3.90. The van der Waals surface area contributed by atoms with Gasteiger partial charge in [-0.15, -0.1) is 22.7 Å². The van der Waals surface area contributed by atoms with Crippen LogP contribution in [-0.4, -0.2) is 48.5 Å². The van der Waals surface area contributed by atoms with Gasteiger partial charge in [0.1, 0.15) is 10.8 Å². The zero-order valence-electron chi connectivity index (χ0n) is 17.8. The number of piperazine rings is 1. The van der Waals surface area contributed by atoms with Crippen molar-refractivity contribution in [1.82, 2.24) is 15.2 Å². The Morgan fingerprint density at radius 1 is 1.23 bits per heavy atom. The second-order valence-electron chi connectivity index (χ2n) is 7.71. The van der Waals surface area contributed by atoms with E-state index in [4.69, 9.17) is 0 Å². The monoisotopic (exact) mass is 458 g/mol. The summed E-state index contributed by atoms with van der Waals surface area (Å²) in [5.74, 6) is -0.395. The van der Waals surface area contributed by atoms with E-state index in [-0.39, 0.29) is 24.2 Å². The molecule has 1 unspecified atom stereocenters. The average molecular weight is 459 g/mol. The lowest BCUT2D eigenvalue weighted by molar-refractivity contribution is -0.121. The van der Waals surface area contributed by atoms with Gasteiger partial charge in [0.15, 0.2) is 0 Å². The van der Waals surface area contributed by atoms with E-state index in [2.05, 4.69) is 27.0 Å². The largest absolute Gasteiger partial charge is 0.369 e. The Bertz CT molecular complexity index is 1010. The molecule has 1 amide bonds. The molecule has 2 aromatic heterocycles. The molecule has 1 fully saturated rings. The Morgan fingerprint density at radius 3 is 2.74 bits per heavy atom. The van der Waals surface area contributed by atoms with Gasteiger partial charge in [0.2, 0.25) is 5.91 Å². The predicted octanol–water partition coefficient (Wildman–Crippen LogP) is 4.57. The lowest BCUT2D eigenvalue weighted by Crippen LogP contribution is -2.46. The number of thiophene rings is 1. The lowest BCUT2D eigenvalue weighted by Gasteiger charge is -2.37. The third-order valence-electron chi connectivity index (χ3n) is 5.62. The molecule has 5 nitrogen and oxygen atoms in total. The molecule has 0 aliphatic carbocycles. The zero-order chi connectivity index (χ0) is 21.8. The maximum absolute atomic E-state index is 14.1. The highest BCUT2D eigenvalue weighted by Crippen LogP contribution is 2.30.